The Balaban J connectivity index is 0.000000145. The molecule has 0 nitrogen and oxygen atoms in total. The van der Waals surface area contributed by atoms with E-state index < -0.39 is 23.8 Å². The van der Waals surface area contributed by atoms with Gasteiger partial charge in [-0.25, -0.2) is 0 Å². The Hall–Kier alpha value is -5.09. The second kappa shape index (κ2) is 23.3. The molecule has 9 rings (SSSR count). The van der Waals surface area contributed by atoms with Gasteiger partial charge < -0.3 is 0 Å². The number of rotatable bonds is 9. The van der Waals surface area contributed by atoms with Gasteiger partial charge in [0, 0.05) is 0 Å². The number of benzene rings is 9. The monoisotopic (exact) mass is 982 g/mol. The summed E-state index contributed by atoms with van der Waals surface area (Å²) in [6, 6.07) is 97.0. The van der Waals surface area contributed by atoms with Crippen molar-refractivity contribution in [2.75, 3.05) is 0 Å². The van der Waals surface area contributed by atoms with Gasteiger partial charge in [0.25, 0.3) is 0 Å². The van der Waals surface area contributed by atoms with Gasteiger partial charge in [0.1, 0.15) is 0 Å². The topological polar surface area (TPSA) is 0 Å². The fraction of sp³-hybridized carbons (Fsp3) is 0. The summed E-state index contributed by atoms with van der Waals surface area (Å²) < 4.78 is 0. The van der Waals surface area contributed by atoms with Gasteiger partial charge in [-0.3, -0.25) is 0 Å². The fourth-order valence-corrected chi connectivity index (χ4v) is 13.5. The molecule has 0 N–H and O–H groups in total. The van der Waals surface area contributed by atoms with E-state index in [1.807, 2.05) is 0 Å². The number of hydrogen-bond donors (Lipinski definition) is 0. The predicted octanol–water partition coefficient (Wildman–Crippen LogP) is 9.26. The van der Waals surface area contributed by atoms with E-state index in [0.29, 0.717) is 0 Å². The first-order valence-electron chi connectivity index (χ1n) is 19.2. The molecule has 0 amide bonds. The van der Waals surface area contributed by atoms with Gasteiger partial charge in [-0.2, -0.15) is 0 Å². The molecule has 0 spiro atoms. The van der Waals surface area contributed by atoms with Crippen LogP contribution in [0.3, 0.4) is 0 Å². The van der Waals surface area contributed by atoms with Crippen molar-refractivity contribution in [1.29, 1.82) is 0 Å². The SMILES string of the molecule is [OsH4].c1ccc(P(c2ccccc2)c2ccccc2)cc1.c1ccc(P(c2ccccc2)c2ccccc2)cc1.c1ccc(P(c2ccccc2)c2ccccc2)cc1. The third-order valence-corrected chi connectivity index (χ3v) is 16.5. The van der Waals surface area contributed by atoms with Crippen LogP contribution in [0.25, 0.3) is 0 Å². The standard InChI is InChI=1S/3C18H15P.Os.4H/c3*1-4-10-16(11-5-1)19(17-12-6-2-7-13-17)18-14-8-3-9-15-18;;;;;/h3*1-15H;;;;;. The van der Waals surface area contributed by atoms with Gasteiger partial charge in [-0.1, -0.05) is 273 Å². The average molecular weight is 981 g/mol. The van der Waals surface area contributed by atoms with Crippen LogP contribution in [0.1, 0.15) is 0 Å². The summed E-state index contributed by atoms with van der Waals surface area (Å²) in [6.07, 6.45) is 0. The van der Waals surface area contributed by atoms with Crippen molar-refractivity contribution in [3.05, 3.63) is 273 Å². The molecule has 0 bridgehead atoms. The third-order valence-electron chi connectivity index (χ3n) is 9.13. The molecule has 0 saturated carbocycles. The molecule has 0 radical (unpaired) electrons. The van der Waals surface area contributed by atoms with E-state index in [2.05, 4.69) is 273 Å². The minimum Gasteiger partial charge on any atom is -0.0622 e. The number of hydrogen-bond acceptors (Lipinski definition) is 0. The normalized spacial score (nSPS) is 10.4. The molecule has 0 saturated heterocycles. The summed E-state index contributed by atoms with van der Waals surface area (Å²) in [7, 11) is -1.34. The van der Waals surface area contributed by atoms with Crippen molar-refractivity contribution in [3.8, 4) is 0 Å². The second-order valence-electron chi connectivity index (χ2n) is 13.0. The van der Waals surface area contributed by atoms with Gasteiger partial charge in [-0.05, 0) is 71.5 Å². The molecule has 0 unspecified atom stereocenters. The summed E-state index contributed by atoms with van der Waals surface area (Å²) >= 11 is 0. The average Bonchev–Trinajstić information content (AvgIpc) is 3.30. The fourth-order valence-electron chi connectivity index (χ4n) is 6.54. The van der Waals surface area contributed by atoms with E-state index in [1.165, 1.54) is 47.7 Å². The minimum absolute atomic E-state index is 0. The first-order valence-corrected chi connectivity index (χ1v) is 23.2. The summed E-state index contributed by atoms with van der Waals surface area (Å²) in [5.41, 5.74) is 0. The van der Waals surface area contributed by atoms with Gasteiger partial charge >= 0.3 is 19.8 Å². The van der Waals surface area contributed by atoms with Crippen LogP contribution in [0.5, 0.6) is 0 Å². The van der Waals surface area contributed by atoms with Crippen LogP contribution in [-0.2, 0) is 19.8 Å². The summed E-state index contributed by atoms with van der Waals surface area (Å²) in [4.78, 5) is 0. The zero-order valence-corrected chi connectivity index (χ0v) is 38.6. The van der Waals surface area contributed by atoms with E-state index in [-0.39, 0.29) is 19.8 Å². The van der Waals surface area contributed by atoms with Crippen molar-refractivity contribution >= 4 is 71.5 Å². The van der Waals surface area contributed by atoms with Crippen LogP contribution < -0.4 is 47.7 Å². The molecular formula is C54H49OsP3. The molecule has 288 valence electrons. The van der Waals surface area contributed by atoms with E-state index in [1.54, 1.807) is 0 Å². The summed E-state index contributed by atoms with van der Waals surface area (Å²) in [5, 5.41) is 12.6. The van der Waals surface area contributed by atoms with Crippen molar-refractivity contribution in [3.63, 3.8) is 0 Å². The molecule has 58 heavy (non-hydrogen) atoms. The molecule has 0 aliphatic rings. The van der Waals surface area contributed by atoms with E-state index >= 15 is 0 Å². The molecule has 9 aromatic rings. The Morgan fingerprint density at radius 3 is 0.310 bits per heavy atom. The Labute approximate surface area is 362 Å². The quantitative estimate of drug-likeness (QED) is 0.127. The molecule has 0 heterocycles. The van der Waals surface area contributed by atoms with Gasteiger partial charge in [0.2, 0.25) is 0 Å². The van der Waals surface area contributed by atoms with Gasteiger partial charge in [-0.15, -0.1) is 0 Å². The first kappa shape index (κ1) is 42.5. The zero-order chi connectivity index (χ0) is 38.7. The molecule has 4 heteroatoms. The van der Waals surface area contributed by atoms with E-state index in [4.69, 9.17) is 0 Å². The van der Waals surface area contributed by atoms with Crippen molar-refractivity contribution in [1.82, 2.24) is 0 Å². The van der Waals surface area contributed by atoms with Crippen LogP contribution in [-0.4, -0.2) is 0 Å². The zero-order valence-electron chi connectivity index (χ0n) is 32.3. The molecule has 0 aliphatic carbocycles. The van der Waals surface area contributed by atoms with Crippen molar-refractivity contribution in [2.45, 2.75) is 0 Å². The third kappa shape index (κ3) is 12.0. The molecule has 9 aromatic carbocycles. The van der Waals surface area contributed by atoms with E-state index in [0.717, 1.165) is 0 Å². The maximum atomic E-state index is 2.23. The molecular weight excluding hydrogens is 932 g/mol. The smallest absolute Gasteiger partial charge is 0.0134 e. The molecule has 0 aromatic heterocycles. The molecule has 0 fully saturated rings. The van der Waals surface area contributed by atoms with Crippen LogP contribution in [0.2, 0.25) is 0 Å². The van der Waals surface area contributed by atoms with Crippen LogP contribution in [0, 0.1) is 0 Å². The summed E-state index contributed by atoms with van der Waals surface area (Å²) in [5.74, 6) is 0. The summed E-state index contributed by atoms with van der Waals surface area (Å²) in [6.45, 7) is 0. The van der Waals surface area contributed by atoms with Crippen molar-refractivity contribution < 1.29 is 19.8 Å². The van der Waals surface area contributed by atoms with Crippen LogP contribution in [0.15, 0.2) is 273 Å². The molecule has 0 atom stereocenters. The predicted molar refractivity (Wildman–Crippen MR) is 261 cm³/mol. The van der Waals surface area contributed by atoms with Crippen LogP contribution in [0.4, 0.5) is 0 Å². The maximum absolute atomic E-state index is 2.23. The minimum atomic E-state index is -0.446. The van der Waals surface area contributed by atoms with Crippen LogP contribution >= 0.6 is 23.8 Å². The molecule has 0 aliphatic heterocycles. The Morgan fingerprint density at radius 1 is 0.138 bits per heavy atom. The second-order valence-corrected chi connectivity index (χ2v) is 19.7. The Kier molecular flexibility index (Phi) is 17.1. The maximum Gasteiger partial charge on any atom is -0.0134 e. The Bertz CT molecular complexity index is 1860. The largest absolute Gasteiger partial charge is 0.0622 e. The van der Waals surface area contributed by atoms with Crippen molar-refractivity contribution in [2.24, 2.45) is 0 Å². The van der Waals surface area contributed by atoms with Gasteiger partial charge in [0.15, 0.2) is 0 Å². The van der Waals surface area contributed by atoms with E-state index in [9.17, 15) is 0 Å². The first-order chi connectivity index (χ1) is 28.3. The Morgan fingerprint density at radius 2 is 0.224 bits per heavy atom. The van der Waals surface area contributed by atoms with Gasteiger partial charge in [0.05, 0.1) is 0 Å².